The van der Waals surface area contributed by atoms with Crippen LogP contribution in [-0.4, -0.2) is 30.4 Å². The van der Waals surface area contributed by atoms with Gasteiger partial charge in [0, 0.05) is 17.2 Å². The number of aliphatic hydroxyl groups excluding tert-OH is 1. The number of aliphatic hydroxyl groups is 1. The van der Waals surface area contributed by atoms with Gasteiger partial charge in [-0.05, 0) is 24.3 Å². The zero-order valence-electron chi connectivity index (χ0n) is 12.0. The van der Waals surface area contributed by atoms with E-state index < -0.39 is 17.9 Å². The second-order valence-corrected chi connectivity index (χ2v) is 4.56. The molecule has 2 aromatic carbocycles. The fourth-order valence-corrected chi connectivity index (χ4v) is 2.04. The molecule has 1 atom stereocenters. The number of carbonyl (C=O) groups excluding carboxylic acids is 1. The highest BCUT2D eigenvalue weighted by Crippen LogP contribution is 2.32. The highest BCUT2D eigenvalue weighted by Gasteiger charge is 2.20. The van der Waals surface area contributed by atoms with Gasteiger partial charge in [0.05, 0.1) is 19.8 Å². The van der Waals surface area contributed by atoms with Crippen molar-refractivity contribution in [2.45, 2.75) is 6.10 Å². The lowest BCUT2D eigenvalue weighted by atomic mass is 9.98. The maximum Gasteiger partial charge on any atom is 0.337 e. The first-order valence-corrected chi connectivity index (χ1v) is 6.40. The number of halogens is 1. The van der Waals surface area contributed by atoms with E-state index in [1.165, 1.54) is 38.5 Å². The number of ether oxygens (including phenoxy) is 2. The molecule has 1 unspecified atom stereocenters. The van der Waals surface area contributed by atoms with Crippen LogP contribution in [0, 0.1) is 5.82 Å². The molecule has 0 bridgehead atoms. The third kappa shape index (κ3) is 3.01. The number of rotatable bonds is 4. The molecule has 0 spiro atoms. The Hall–Kier alpha value is -2.60. The second-order valence-electron chi connectivity index (χ2n) is 4.56. The van der Waals surface area contributed by atoms with E-state index in [-0.39, 0.29) is 22.4 Å². The van der Waals surface area contributed by atoms with Gasteiger partial charge in [-0.2, -0.15) is 0 Å². The Balaban J connectivity index is 2.37. The Kier molecular flexibility index (Phi) is 4.62. The molecule has 0 saturated carbocycles. The van der Waals surface area contributed by atoms with Crippen molar-refractivity contribution in [2.24, 2.45) is 0 Å². The summed E-state index contributed by atoms with van der Waals surface area (Å²) in [5, 5.41) is 20.2. The normalized spacial score (nSPS) is 11.8. The lowest BCUT2D eigenvalue weighted by molar-refractivity contribution is 0.0600. The van der Waals surface area contributed by atoms with Crippen LogP contribution in [0.1, 0.15) is 27.6 Å². The first kappa shape index (κ1) is 15.8. The van der Waals surface area contributed by atoms with E-state index in [0.29, 0.717) is 5.75 Å². The van der Waals surface area contributed by atoms with Gasteiger partial charge in [-0.1, -0.05) is 6.07 Å². The highest BCUT2D eigenvalue weighted by atomic mass is 19.1. The molecule has 6 heteroatoms. The standard InChI is InChI=1S/C16H15FO5/c1-21-10-4-6-11(13(17)8-10)15(19)12-5-3-9(7-14(12)18)16(20)22-2/h3-8,15,18-19H,1-2H3. The van der Waals surface area contributed by atoms with E-state index in [4.69, 9.17) is 4.74 Å². The van der Waals surface area contributed by atoms with Crippen LogP contribution < -0.4 is 4.74 Å². The van der Waals surface area contributed by atoms with Crippen molar-refractivity contribution >= 4 is 5.97 Å². The molecule has 0 heterocycles. The number of methoxy groups -OCH3 is 2. The van der Waals surface area contributed by atoms with Gasteiger partial charge in [0.1, 0.15) is 23.4 Å². The van der Waals surface area contributed by atoms with Gasteiger partial charge in [-0.3, -0.25) is 0 Å². The summed E-state index contributed by atoms with van der Waals surface area (Å²) in [5.74, 6) is -1.29. The minimum absolute atomic E-state index is 0.0121. The molecule has 5 nitrogen and oxygen atoms in total. The number of carbonyl (C=O) groups is 1. The van der Waals surface area contributed by atoms with Crippen molar-refractivity contribution in [1.29, 1.82) is 0 Å². The van der Waals surface area contributed by atoms with Crippen LogP contribution in [0.3, 0.4) is 0 Å². The maximum absolute atomic E-state index is 14.0. The summed E-state index contributed by atoms with van der Waals surface area (Å²) in [6, 6.07) is 7.89. The van der Waals surface area contributed by atoms with E-state index in [0.717, 1.165) is 12.1 Å². The van der Waals surface area contributed by atoms with Crippen LogP contribution in [-0.2, 0) is 4.74 Å². The number of phenolic OH excluding ortho intramolecular Hbond substituents is 1. The summed E-state index contributed by atoms with van der Waals surface area (Å²) in [6.45, 7) is 0. The lowest BCUT2D eigenvalue weighted by Crippen LogP contribution is -2.05. The maximum atomic E-state index is 14.0. The Morgan fingerprint density at radius 2 is 1.82 bits per heavy atom. The molecular weight excluding hydrogens is 291 g/mol. The van der Waals surface area contributed by atoms with Crippen LogP contribution in [0.2, 0.25) is 0 Å². The predicted octanol–water partition coefficient (Wildman–Crippen LogP) is 2.41. The lowest BCUT2D eigenvalue weighted by Gasteiger charge is -2.15. The Bertz CT molecular complexity index is 699. The van der Waals surface area contributed by atoms with E-state index in [1.807, 2.05) is 0 Å². The van der Waals surface area contributed by atoms with Crippen LogP contribution >= 0.6 is 0 Å². The van der Waals surface area contributed by atoms with Gasteiger partial charge in [-0.15, -0.1) is 0 Å². The third-order valence-corrected chi connectivity index (χ3v) is 3.25. The van der Waals surface area contributed by atoms with E-state index in [2.05, 4.69) is 4.74 Å². The SMILES string of the molecule is COC(=O)c1ccc(C(O)c2ccc(OC)cc2F)c(O)c1. The topological polar surface area (TPSA) is 76.0 Å². The zero-order chi connectivity index (χ0) is 16.3. The molecule has 2 aromatic rings. The molecular formula is C16H15FO5. The minimum atomic E-state index is -1.38. The molecule has 0 aliphatic carbocycles. The fraction of sp³-hybridized carbons (Fsp3) is 0.188. The summed E-state index contributed by atoms with van der Waals surface area (Å²) >= 11 is 0. The van der Waals surface area contributed by atoms with Gasteiger partial charge in [0.15, 0.2) is 0 Å². The number of hydrogen-bond donors (Lipinski definition) is 2. The van der Waals surface area contributed by atoms with Gasteiger partial charge < -0.3 is 19.7 Å². The molecule has 2 rings (SSSR count). The number of hydrogen-bond acceptors (Lipinski definition) is 5. The Morgan fingerprint density at radius 3 is 2.36 bits per heavy atom. The first-order valence-electron chi connectivity index (χ1n) is 6.40. The van der Waals surface area contributed by atoms with E-state index in [9.17, 15) is 19.4 Å². The molecule has 22 heavy (non-hydrogen) atoms. The molecule has 2 N–H and O–H groups in total. The summed E-state index contributed by atoms with van der Waals surface area (Å²) in [4.78, 5) is 11.4. The van der Waals surface area contributed by atoms with Crippen molar-refractivity contribution in [3.8, 4) is 11.5 Å². The van der Waals surface area contributed by atoms with Crippen molar-refractivity contribution in [1.82, 2.24) is 0 Å². The predicted molar refractivity (Wildman–Crippen MR) is 76.5 cm³/mol. The van der Waals surface area contributed by atoms with E-state index in [1.54, 1.807) is 0 Å². The van der Waals surface area contributed by atoms with Crippen molar-refractivity contribution in [3.63, 3.8) is 0 Å². The van der Waals surface area contributed by atoms with Crippen molar-refractivity contribution in [2.75, 3.05) is 14.2 Å². The molecule has 0 amide bonds. The second kappa shape index (κ2) is 6.44. The number of aromatic hydroxyl groups is 1. The van der Waals surface area contributed by atoms with Crippen molar-refractivity contribution < 1.29 is 28.9 Å². The molecule has 0 aromatic heterocycles. The summed E-state index contributed by atoms with van der Waals surface area (Å²) in [5.41, 5.74) is 0.199. The third-order valence-electron chi connectivity index (χ3n) is 3.25. The Morgan fingerprint density at radius 1 is 1.14 bits per heavy atom. The molecule has 116 valence electrons. The van der Waals surface area contributed by atoms with Crippen LogP contribution in [0.5, 0.6) is 11.5 Å². The molecule has 0 fully saturated rings. The average molecular weight is 306 g/mol. The molecule has 0 aliphatic rings. The monoisotopic (exact) mass is 306 g/mol. The largest absolute Gasteiger partial charge is 0.508 e. The van der Waals surface area contributed by atoms with Crippen LogP contribution in [0.25, 0.3) is 0 Å². The average Bonchev–Trinajstić information content (AvgIpc) is 2.53. The van der Waals surface area contributed by atoms with Crippen LogP contribution in [0.4, 0.5) is 4.39 Å². The quantitative estimate of drug-likeness (QED) is 0.848. The smallest absolute Gasteiger partial charge is 0.337 e. The summed E-state index contributed by atoms with van der Waals surface area (Å²) in [7, 11) is 2.62. The zero-order valence-corrected chi connectivity index (χ0v) is 12.0. The van der Waals surface area contributed by atoms with Gasteiger partial charge in [0.2, 0.25) is 0 Å². The van der Waals surface area contributed by atoms with Gasteiger partial charge in [-0.25, -0.2) is 9.18 Å². The number of benzene rings is 2. The summed E-state index contributed by atoms with van der Waals surface area (Å²) < 4.78 is 23.4. The fourth-order valence-electron chi connectivity index (χ4n) is 2.04. The van der Waals surface area contributed by atoms with Crippen LogP contribution in [0.15, 0.2) is 36.4 Å². The number of phenols is 1. The molecule has 0 saturated heterocycles. The Labute approximate surface area is 126 Å². The van der Waals surface area contributed by atoms with Gasteiger partial charge in [0.25, 0.3) is 0 Å². The first-order chi connectivity index (χ1) is 10.5. The molecule has 0 aliphatic heterocycles. The van der Waals surface area contributed by atoms with Gasteiger partial charge >= 0.3 is 5.97 Å². The number of esters is 1. The highest BCUT2D eigenvalue weighted by molar-refractivity contribution is 5.89. The van der Waals surface area contributed by atoms with Crippen molar-refractivity contribution in [3.05, 3.63) is 58.9 Å². The minimum Gasteiger partial charge on any atom is -0.508 e. The molecule has 0 radical (unpaired) electrons. The van der Waals surface area contributed by atoms with E-state index >= 15 is 0 Å². The summed E-state index contributed by atoms with van der Waals surface area (Å²) in [6.07, 6.45) is -1.38.